The van der Waals surface area contributed by atoms with Crippen molar-refractivity contribution in [3.8, 4) is 0 Å². The molecule has 0 atom stereocenters. The first-order valence-corrected chi connectivity index (χ1v) is 6.15. The van der Waals surface area contributed by atoms with Crippen LogP contribution in [-0.4, -0.2) is 25.9 Å². The summed E-state index contributed by atoms with van der Waals surface area (Å²) in [5.41, 5.74) is 0. The monoisotopic (exact) mass is 223 g/mol. The van der Waals surface area contributed by atoms with Gasteiger partial charge in [-0.1, -0.05) is 0 Å². The Bertz CT molecular complexity index is 280. The first kappa shape index (κ1) is 11.9. The fourth-order valence-corrected chi connectivity index (χ4v) is 3.00. The average Bonchev–Trinajstić information content (AvgIpc) is 2.79. The third-order valence-corrected chi connectivity index (χ3v) is 4.56. The molecule has 1 aliphatic carbocycles. The smallest absolute Gasteiger partial charge is 0.267 e. The van der Waals surface area contributed by atoms with E-state index in [0.29, 0.717) is 12.8 Å². The minimum atomic E-state index is -3.52. The molecular formula is C9H16FO3S. The molecule has 0 aromatic rings. The molecule has 0 bridgehead atoms. The van der Waals surface area contributed by atoms with Crippen molar-refractivity contribution in [3.05, 3.63) is 6.42 Å². The van der Waals surface area contributed by atoms with E-state index in [-0.39, 0.29) is 12.5 Å². The van der Waals surface area contributed by atoms with Crippen molar-refractivity contribution in [2.24, 2.45) is 0 Å². The van der Waals surface area contributed by atoms with Crippen LogP contribution in [0, 0.1) is 6.42 Å². The van der Waals surface area contributed by atoms with E-state index in [1.807, 2.05) is 0 Å². The van der Waals surface area contributed by atoms with E-state index in [0.717, 1.165) is 0 Å². The normalized spacial score (nSPS) is 20.0. The molecule has 1 radical (unpaired) electrons. The van der Waals surface area contributed by atoms with Crippen LogP contribution in [0.5, 0.6) is 0 Å². The second kappa shape index (κ2) is 4.14. The lowest BCUT2D eigenvalue weighted by atomic mass is 10.2. The summed E-state index contributed by atoms with van der Waals surface area (Å²) >= 11 is 0. The summed E-state index contributed by atoms with van der Waals surface area (Å²) in [5.74, 6) is 0. The summed E-state index contributed by atoms with van der Waals surface area (Å²) in [6.07, 6.45) is 2.44. The highest BCUT2D eigenvalue weighted by Crippen LogP contribution is 2.48. The second-order valence-electron chi connectivity index (χ2n) is 3.93. The van der Waals surface area contributed by atoms with Gasteiger partial charge in [0.1, 0.15) is 0 Å². The zero-order chi connectivity index (χ0) is 10.8. The van der Waals surface area contributed by atoms with E-state index in [1.165, 1.54) is 6.42 Å². The van der Waals surface area contributed by atoms with E-state index < -0.39 is 21.5 Å². The molecule has 0 heterocycles. The molecule has 0 unspecified atom stereocenters. The number of halogens is 1. The molecule has 1 aliphatic rings. The first-order valence-electron chi connectivity index (χ1n) is 4.74. The highest BCUT2D eigenvalue weighted by molar-refractivity contribution is 7.88. The number of alkyl halides is 1. The van der Waals surface area contributed by atoms with Gasteiger partial charge in [0.05, 0.1) is 17.5 Å². The fraction of sp³-hybridized carbons (Fsp3) is 0.889. The van der Waals surface area contributed by atoms with Crippen molar-refractivity contribution in [1.82, 2.24) is 0 Å². The summed E-state index contributed by atoms with van der Waals surface area (Å²) in [4.78, 5) is 0. The lowest BCUT2D eigenvalue weighted by Crippen LogP contribution is -2.28. The molecule has 1 fully saturated rings. The minimum absolute atomic E-state index is 0.262. The number of hydrogen-bond acceptors (Lipinski definition) is 3. The van der Waals surface area contributed by atoms with Crippen LogP contribution in [-0.2, 0) is 14.3 Å². The highest BCUT2D eigenvalue weighted by Gasteiger charge is 2.55. The Morgan fingerprint density at radius 2 is 2.07 bits per heavy atom. The third kappa shape index (κ3) is 2.45. The Kier molecular flexibility index (Phi) is 3.53. The number of rotatable bonds is 6. The molecule has 5 heteroatoms. The van der Waals surface area contributed by atoms with Crippen LogP contribution in [0.15, 0.2) is 0 Å². The Labute approximate surface area is 84.8 Å². The van der Waals surface area contributed by atoms with Crippen LogP contribution in [0.1, 0.15) is 33.1 Å². The summed E-state index contributed by atoms with van der Waals surface area (Å²) in [5, 5.41) is 0. The zero-order valence-corrected chi connectivity index (χ0v) is 9.31. The highest BCUT2D eigenvalue weighted by atomic mass is 32.2. The Hall–Kier alpha value is -0.160. The molecule has 0 amide bonds. The molecule has 0 aromatic carbocycles. The average molecular weight is 223 g/mol. The molecule has 3 nitrogen and oxygen atoms in total. The van der Waals surface area contributed by atoms with Crippen LogP contribution >= 0.6 is 0 Å². The molecule has 83 valence electrons. The maximum atomic E-state index is 11.9. The van der Waals surface area contributed by atoms with Crippen molar-refractivity contribution in [3.63, 3.8) is 0 Å². The van der Waals surface area contributed by atoms with E-state index in [2.05, 4.69) is 0 Å². The fourth-order valence-electron chi connectivity index (χ4n) is 1.37. The molecule has 1 rings (SSSR count). The predicted octanol–water partition coefficient (Wildman–Crippen LogP) is 1.84. The maximum absolute atomic E-state index is 11.9. The van der Waals surface area contributed by atoms with Gasteiger partial charge in [-0.15, -0.1) is 0 Å². The van der Waals surface area contributed by atoms with Gasteiger partial charge in [0.15, 0.2) is 0 Å². The quantitative estimate of drug-likeness (QED) is 0.645. The van der Waals surface area contributed by atoms with Gasteiger partial charge in [-0.2, -0.15) is 8.42 Å². The van der Waals surface area contributed by atoms with Gasteiger partial charge in [0.25, 0.3) is 10.1 Å². The van der Waals surface area contributed by atoms with Crippen molar-refractivity contribution < 1.29 is 17.0 Å². The van der Waals surface area contributed by atoms with E-state index >= 15 is 0 Å². The lowest BCUT2D eigenvalue weighted by Gasteiger charge is -2.16. The number of hydrogen-bond donors (Lipinski definition) is 0. The lowest BCUT2D eigenvalue weighted by molar-refractivity contribution is 0.242. The van der Waals surface area contributed by atoms with Crippen molar-refractivity contribution in [2.75, 3.05) is 6.67 Å². The maximum Gasteiger partial charge on any atom is 0.273 e. The van der Waals surface area contributed by atoms with Crippen LogP contribution < -0.4 is 0 Å². The molecular weight excluding hydrogens is 207 g/mol. The van der Waals surface area contributed by atoms with Gasteiger partial charge < -0.3 is 0 Å². The molecule has 0 aliphatic heterocycles. The summed E-state index contributed by atoms with van der Waals surface area (Å²) in [7, 11) is -3.52. The molecule has 14 heavy (non-hydrogen) atoms. The van der Waals surface area contributed by atoms with E-state index in [1.54, 1.807) is 13.8 Å². The summed E-state index contributed by atoms with van der Waals surface area (Å²) < 4.78 is 39.3. The summed E-state index contributed by atoms with van der Waals surface area (Å²) in [6.45, 7) is 2.76. The Balaban J connectivity index is 2.62. The minimum Gasteiger partial charge on any atom is -0.267 e. The summed E-state index contributed by atoms with van der Waals surface area (Å²) in [6, 6.07) is 0. The second-order valence-corrected chi connectivity index (χ2v) is 5.90. The first-order chi connectivity index (χ1) is 6.43. The SMILES string of the molecule is CC(C)OS(=O)(=O)C1(C[CH]CF)CC1. The van der Waals surface area contributed by atoms with Crippen LogP contribution in [0.25, 0.3) is 0 Å². The van der Waals surface area contributed by atoms with Crippen LogP contribution in [0.3, 0.4) is 0 Å². The molecule has 0 spiro atoms. The standard InChI is InChI=1S/C9H16FO3S/c1-8(2)13-14(11,12)9(5-6-9)4-3-7-10/h3,8H,4-7H2,1-2H3. The van der Waals surface area contributed by atoms with Gasteiger partial charge in [0, 0.05) is 0 Å². The largest absolute Gasteiger partial charge is 0.273 e. The van der Waals surface area contributed by atoms with Gasteiger partial charge in [-0.25, -0.2) is 0 Å². The topological polar surface area (TPSA) is 43.4 Å². The van der Waals surface area contributed by atoms with E-state index in [4.69, 9.17) is 4.18 Å². The van der Waals surface area contributed by atoms with Gasteiger partial charge in [-0.05, 0) is 39.5 Å². The Morgan fingerprint density at radius 3 is 2.43 bits per heavy atom. The van der Waals surface area contributed by atoms with Gasteiger partial charge in [-0.3, -0.25) is 8.57 Å². The van der Waals surface area contributed by atoms with Crippen LogP contribution in [0.2, 0.25) is 0 Å². The zero-order valence-electron chi connectivity index (χ0n) is 8.49. The van der Waals surface area contributed by atoms with Gasteiger partial charge >= 0.3 is 0 Å². The van der Waals surface area contributed by atoms with Crippen molar-refractivity contribution >= 4 is 10.1 Å². The Morgan fingerprint density at radius 1 is 1.50 bits per heavy atom. The molecule has 0 saturated heterocycles. The predicted molar refractivity (Wildman–Crippen MR) is 52.0 cm³/mol. The molecule has 0 aromatic heterocycles. The van der Waals surface area contributed by atoms with Gasteiger partial charge in [0.2, 0.25) is 0 Å². The third-order valence-electron chi connectivity index (χ3n) is 2.28. The molecule has 0 N–H and O–H groups in total. The van der Waals surface area contributed by atoms with Crippen molar-refractivity contribution in [1.29, 1.82) is 0 Å². The van der Waals surface area contributed by atoms with Crippen molar-refractivity contribution in [2.45, 2.75) is 44.0 Å². The molecule has 1 saturated carbocycles. The van der Waals surface area contributed by atoms with E-state index in [9.17, 15) is 12.8 Å². The van der Waals surface area contributed by atoms with Crippen LogP contribution in [0.4, 0.5) is 4.39 Å².